The van der Waals surface area contributed by atoms with Crippen LogP contribution in [0.5, 0.6) is 0 Å². The maximum absolute atomic E-state index is 13.4. The third kappa shape index (κ3) is 1.11. The molecule has 1 aliphatic carbocycles. The summed E-state index contributed by atoms with van der Waals surface area (Å²) in [5.41, 5.74) is -0.383. The van der Waals surface area contributed by atoms with Crippen LogP contribution >= 0.6 is 0 Å². The molecule has 1 nitrogen and oxygen atoms in total. The average molecular weight is 193 g/mol. The lowest BCUT2D eigenvalue weighted by Gasteiger charge is -2.08. The Kier molecular flexibility index (Phi) is 1.81. The smallest absolute Gasteiger partial charge is 0.130 e. The molecule has 3 heteroatoms. The zero-order valence-electron chi connectivity index (χ0n) is 7.72. The fraction of sp³-hybridized carbons (Fsp3) is 0.364. The zero-order valence-corrected chi connectivity index (χ0v) is 7.72. The summed E-state index contributed by atoms with van der Waals surface area (Å²) in [6, 6.07) is 5.52. The van der Waals surface area contributed by atoms with Crippen LogP contribution in [0.4, 0.5) is 8.78 Å². The average Bonchev–Trinajstić information content (AvgIpc) is 2.78. The summed E-state index contributed by atoms with van der Waals surface area (Å²) in [6.07, 6.45) is 0.659. The van der Waals surface area contributed by atoms with Crippen molar-refractivity contribution in [3.8, 4) is 6.07 Å². The molecule has 1 aromatic rings. The number of hydrogen-bond acceptors (Lipinski definition) is 1. The quantitative estimate of drug-likeness (QED) is 0.672. The van der Waals surface area contributed by atoms with Crippen molar-refractivity contribution in [2.75, 3.05) is 0 Å². The fourth-order valence-electron chi connectivity index (χ4n) is 1.87. The second-order valence-corrected chi connectivity index (χ2v) is 3.81. The monoisotopic (exact) mass is 193 g/mol. The third-order valence-electron chi connectivity index (χ3n) is 2.92. The van der Waals surface area contributed by atoms with Crippen molar-refractivity contribution in [3.05, 3.63) is 35.4 Å². The molecule has 0 spiro atoms. The van der Waals surface area contributed by atoms with E-state index < -0.39 is 17.0 Å². The van der Waals surface area contributed by atoms with Crippen molar-refractivity contribution >= 4 is 0 Å². The largest absolute Gasteiger partial charge is 0.207 e. The van der Waals surface area contributed by atoms with Gasteiger partial charge >= 0.3 is 0 Å². The molecule has 0 aromatic heterocycles. The van der Waals surface area contributed by atoms with E-state index in [0.717, 1.165) is 6.07 Å². The van der Waals surface area contributed by atoms with E-state index in [2.05, 4.69) is 6.07 Å². The van der Waals surface area contributed by atoms with Crippen molar-refractivity contribution in [2.45, 2.75) is 18.8 Å². The van der Waals surface area contributed by atoms with Gasteiger partial charge in [0.2, 0.25) is 0 Å². The van der Waals surface area contributed by atoms with Crippen molar-refractivity contribution < 1.29 is 8.78 Å². The van der Waals surface area contributed by atoms with E-state index in [1.54, 1.807) is 0 Å². The van der Waals surface area contributed by atoms with Gasteiger partial charge < -0.3 is 0 Å². The van der Waals surface area contributed by atoms with Gasteiger partial charge in [-0.15, -0.1) is 0 Å². The molecule has 1 aliphatic rings. The highest BCUT2D eigenvalue weighted by molar-refractivity contribution is 5.41. The molecule has 2 atom stereocenters. The van der Waals surface area contributed by atoms with Gasteiger partial charge in [-0.1, -0.05) is 13.0 Å². The minimum atomic E-state index is -0.711. The van der Waals surface area contributed by atoms with Gasteiger partial charge in [-0.25, -0.2) is 8.78 Å². The number of hydrogen-bond donors (Lipinski definition) is 0. The third-order valence-corrected chi connectivity index (χ3v) is 2.92. The van der Waals surface area contributed by atoms with Gasteiger partial charge in [-0.05, 0) is 18.4 Å². The Hall–Kier alpha value is -1.43. The lowest BCUT2D eigenvalue weighted by molar-refractivity contribution is 0.561. The Labute approximate surface area is 81.0 Å². The molecule has 2 unspecified atom stereocenters. The molecule has 0 bridgehead atoms. The molecule has 0 amide bonds. The van der Waals surface area contributed by atoms with Crippen LogP contribution in [-0.4, -0.2) is 0 Å². The number of rotatable bonds is 1. The molecule has 2 rings (SSSR count). The van der Waals surface area contributed by atoms with Crippen molar-refractivity contribution in [1.82, 2.24) is 0 Å². The van der Waals surface area contributed by atoms with E-state index in [9.17, 15) is 8.78 Å². The molecule has 72 valence electrons. The summed E-state index contributed by atoms with van der Waals surface area (Å²) in [7, 11) is 0. The summed E-state index contributed by atoms with van der Waals surface area (Å²) in [6.45, 7) is 1.89. The first-order valence-corrected chi connectivity index (χ1v) is 4.47. The molecule has 0 aliphatic heterocycles. The van der Waals surface area contributed by atoms with E-state index in [1.165, 1.54) is 12.1 Å². The maximum Gasteiger partial charge on any atom is 0.130 e. The molecular weight excluding hydrogens is 184 g/mol. The van der Waals surface area contributed by atoms with Gasteiger partial charge in [0.1, 0.15) is 11.6 Å². The van der Waals surface area contributed by atoms with E-state index in [0.29, 0.717) is 12.0 Å². The minimum Gasteiger partial charge on any atom is -0.207 e. The van der Waals surface area contributed by atoms with Gasteiger partial charge in [-0.3, -0.25) is 0 Å². The second kappa shape index (κ2) is 2.78. The summed E-state index contributed by atoms with van der Waals surface area (Å²) in [5.74, 6) is -1.06. The predicted molar refractivity (Wildman–Crippen MR) is 47.4 cm³/mol. The van der Waals surface area contributed by atoms with Crippen LogP contribution in [0, 0.1) is 28.9 Å². The fourth-order valence-corrected chi connectivity index (χ4v) is 1.87. The van der Waals surface area contributed by atoms with Crippen LogP contribution in [0.15, 0.2) is 18.2 Å². The van der Waals surface area contributed by atoms with E-state index in [1.807, 2.05) is 6.92 Å². The summed E-state index contributed by atoms with van der Waals surface area (Å²) < 4.78 is 26.0. The summed E-state index contributed by atoms with van der Waals surface area (Å²) in [5, 5.41) is 8.96. The van der Waals surface area contributed by atoms with Crippen molar-refractivity contribution in [3.63, 3.8) is 0 Å². The lowest BCUT2D eigenvalue weighted by atomic mass is 9.95. The minimum absolute atomic E-state index is 0.160. The predicted octanol–water partition coefficient (Wildman–Crippen LogP) is 2.77. The number of nitrogens with zero attached hydrogens (tertiary/aromatic N) is 1. The Morgan fingerprint density at radius 2 is 2.14 bits per heavy atom. The zero-order chi connectivity index (χ0) is 10.3. The first-order chi connectivity index (χ1) is 6.60. The van der Waals surface area contributed by atoms with Crippen LogP contribution in [0.2, 0.25) is 0 Å². The molecule has 0 heterocycles. The Bertz CT molecular complexity index is 422. The molecular formula is C11H9F2N. The maximum atomic E-state index is 13.4. The molecule has 14 heavy (non-hydrogen) atoms. The molecule has 1 fully saturated rings. The molecule has 0 saturated heterocycles. The number of nitriles is 1. The molecule has 0 radical (unpaired) electrons. The van der Waals surface area contributed by atoms with Gasteiger partial charge in [-0.2, -0.15) is 5.26 Å². The standard InChI is InChI=1S/C11H9F2N/c1-7-5-11(7,6-14)9-3-2-8(12)4-10(9)13/h2-4,7H,5H2,1H3. The first kappa shape index (κ1) is 9.14. The van der Waals surface area contributed by atoms with E-state index in [4.69, 9.17) is 5.26 Å². The van der Waals surface area contributed by atoms with E-state index >= 15 is 0 Å². The number of halogens is 2. The Morgan fingerprint density at radius 1 is 1.50 bits per heavy atom. The Morgan fingerprint density at radius 3 is 2.57 bits per heavy atom. The van der Waals surface area contributed by atoms with Crippen LogP contribution in [0.25, 0.3) is 0 Å². The van der Waals surface area contributed by atoms with Crippen molar-refractivity contribution in [2.24, 2.45) is 5.92 Å². The summed E-state index contributed by atoms with van der Waals surface area (Å²) in [4.78, 5) is 0. The highest BCUT2D eigenvalue weighted by Gasteiger charge is 2.54. The number of benzene rings is 1. The molecule has 0 N–H and O–H groups in total. The normalized spacial score (nSPS) is 29.7. The Balaban J connectivity index is 2.49. The first-order valence-electron chi connectivity index (χ1n) is 4.47. The van der Waals surface area contributed by atoms with E-state index in [-0.39, 0.29) is 5.92 Å². The topological polar surface area (TPSA) is 23.8 Å². The highest BCUT2D eigenvalue weighted by atomic mass is 19.1. The van der Waals surface area contributed by atoms with Crippen LogP contribution in [0.3, 0.4) is 0 Å². The van der Waals surface area contributed by atoms with Crippen molar-refractivity contribution in [1.29, 1.82) is 5.26 Å². The van der Waals surface area contributed by atoms with Gasteiger partial charge in [0.05, 0.1) is 11.5 Å². The highest BCUT2D eigenvalue weighted by Crippen LogP contribution is 2.54. The second-order valence-electron chi connectivity index (χ2n) is 3.81. The van der Waals surface area contributed by atoms with Crippen LogP contribution in [0.1, 0.15) is 18.9 Å². The SMILES string of the molecule is CC1CC1(C#N)c1ccc(F)cc1F. The molecule has 1 saturated carbocycles. The van der Waals surface area contributed by atoms with Crippen LogP contribution < -0.4 is 0 Å². The lowest BCUT2D eigenvalue weighted by Crippen LogP contribution is -2.08. The van der Waals surface area contributed by atoms with Gasteiger partial charge in [0, 0.05) is 11.6 Å². The van der Waals surface area contributed by atoms with Crippen LogP contribution in [-0.2, 0) is 5.41 Å². The molecule has 1 aromatic carbocycles. The van der Waals surface area contributed by atoms with Gasteiger partial charge in [0.25, 0.3) is 0 Å². The van der Waals surface area contributed by atoms with Gasteiger partial charge in [0.15, 0.2) is 0 Å². The summed E-state index contributed by atoms with van der Waals surface area (Å²) >= 11 is 0.